The van der Waals surface area contributed by atoms with Crippen molar-refractivity contribution < 1.29 is 57.4 Å². The molecule has 2 amide bonds. The maximum atomic E-state index is 12.1. The van der Waals surface area contributed by atoms with E-state index in [2.05, 4.69) is 20.7 Å². The predicted molar refractivity (Wildman–Crippen MR) is 144 cm³/mol. The van der Waals surface area contributed by atoms with E-state index in [9.17, 15) is 24.3 Å². The molecule has 0 aliphatic carbocycles. The van der Waals surface area contributed by atoms with Crippen LogP contribution in [0, 0.1) is 0 Å². The zero-order valence-corrected chi connectivity index (χ0v) is 24.4. The van der Waals surface area contributed by atoms with Crippen LogP contribution in [0.4, 0.5) is 0 Å². The lowest BCUT2D eigenvalue weighted by atomic mass is 9.96. The van der Waals surface area contributed by atoms with Crippen LogP contribution in [0.3, 0.4) is 0 Å². The normalized spacial score (nSPS) is 21.6. The van der Waals surface area contributed by atoms with E-state index in [0.717, 1.165) is 6.92 Å². The zero-order chi connectivity index (χ0) is 31.2. The van der Waals surface area contributed by atoms with Gasteiger partial charge >= 0.3 is 11.9 Å². The largest absolute Gasteiger partial charge is 0.463 e. The first-order valence-corrected chi connectivity index (χ1v) is 13.7. The summed E-state index contributed by atoms with van der Waals surface area (Å²) in [5.74, 6) is -1.89. The number of aliphatic hydroxyl groups is 1. The Morgan fingerprint density at radius 3 is 2.21 bits per heavy atom. The van der Waals surface area contributed by atoms with Gasteiger partial charge in [-0.2, -0.15) is 0 Å². The summed E-state index contributed by atoms with van der Waals surface area (Å²) in [5.41, 5.74) is 8.14. The molecule has 1 heterocycles. The maximum absolute atomic E-state index is 12.1. The summed E-state index contributed by atoms with van der Waals surface area (Å²) in [5, 5.41) is 19.4. The molecular formula is C25H43N5O12. The Kier molecular flexibility index (Phi) is 19.8. The summed E-state index contributed by atoms with van der Waals surface area (Å²) in [4.78, 5) is 49.4. The van der Waals surface area contributed by atoms with Crippen LogP contribution in [-0.4, -0.2) is 125 Å². The van der Waals surface area contributed by atoms with Gasteiger partial charge in [-0.1, -0.05) is 5.11 Å². The van der Waals surface area contributed by atoms with Crippen molar-refractivity contribution in [3.05, 3.63) is 10.4 Å². The third kappa shape index (κ3) is 17.0. The molecule has 17 nitrogen and oxygen atoms in total. The second-order valence-electron chi connectivity index (χ2n) is 9.11. The Hall–Kier alpha value is -3.05. The van der Waals surface area contributed by atoms with Crippen molar-refractivity contribution in [3.8, 4) is 0 Å². The number of ether oxygens (including phenoxy) is 7. The van der Waals surface area contributed by atoms with Gasteiger partial charge in [-0.3, -0.25) is 19.2 Å². The molecule has 1 aliphatic rings. The molecule has 0 radical (unpaired) electrons. The highest BCUT2D eigenvalue weighted by Crippen LogP contribution is 2.25. The van der Waals surface area contributed by atoms with Gasteiger partial charge in [-0.05, 0) is 18.4 Å². The second-order valence-corrected chi connectivity index (χ2v) is 9.11. The topological polar surface area (TPSA) is 226 Å². The molecule has 5 atom stereocenters. The number of unbranched alkanes of at least 4 members (excludes halogenated alkanes) is 1. The van der Waals surface area contributed by atoms with Crippen molar-refractivity contribution in [2.45, 2.75) is 70.7 Å². The molecule has 0 aromatic carbocycles. The van der Waals surface area contributed by atoms with Crippen molar-refractivity contribution in [3.63, 3.8) is 0 Å². The molecule has 0 saturated carbocycles. The molecular weight excluding hydrogens is 562 g/mol. The van der Waals surface area contributed by atoms with Crippen LogP contribution in [-0.2, 0) is 52.3 Å². The van der Waals surface area contributed by atoms with Crippen LogP contribution in [0.5, 0.6) is 0 Å². The first-order chi connectivity index (χ1) is 20.1. The third-order valence-corrected chi connectivity index (χ3v) is 5.59. The van der Waals surface area contributed by atoms with Crippen molar-refractivity contribution in [2.75, 3.05) is 65.9 Å². The highest BCUT2D eigenvalue weighted by molar-refractivity contribution is 5.75. The number of hydrogen-bond donors (Lipinski definition) is 3. The highest BCUT2D eigenvalue weighted by atomic mass is 16.7. The fourth-order valence-electron chi connectivity index (χ4n) is 3.75. The summed E-state index contributed by atoms with van der Waals surface area (Å²) in [7, 11) is 0. The Labute approximate surface area is 244 Å². The van der Waals surface area contributed by atoms with Crippen molar-refractivity contribution in [2.24, 2.45) is 5.11 Å². The number of nitrogens with one attached hydrogen (secondary N) is 2. The maximum Gasteiger partial charge on any atom is 0.303 e. The summed E-state index contributed by atoms with van der Waals surface area (Å²) in [6, 6.07) is -1.02. The number of azide groups is 1. The standard InChI is InChI=1S/C25H43N5O12/c1-17(31)29-22-24(41-19(3)33)23(35)20(16-40-18(2)32)42-25(22)39-9-5-4-6-21(34)27-7-10-36-12-14-38-15-13-37-11-8-28-30-26/h20,22-25,35H,4-16H2,1-3H3,(H,27,34)(H,29,31). The molecule has 1 saturated heterocycles. The van der Waals surface area contributed by atoms with Gasteiger partial charge in [0, 0.05) is 51.8 Å². The molecule has 3 N–H and O–H groups in total. The van der Waals surface area contributed by atoms with Crippen molar-refractivity contribution in [1.29, 1.82) is 0 Å². The van der Waals surface area contributed by atoms with E-state index in [-0.39, 0.29) is 32.1 Å². The van der Waals surface area contributed by atoms with E-state index < -0.39 is 48.5 Å². The van der Waals surface area contributed by atoms with Crippen LogP contribution in [0.2, 0.25) is 0 Å². The van der Waals surface area contributed by atoms with E-state index in [0.29, 0.717) is 59.0 Å². The van der Waals surface area contributed by atoms with Gasteiger partial charge in [0.1, 0.15) is 24.9 Å². The van der Waals surface area contributed by atoms with Crippen LogP contribution in [0.1, 0.15) is 40.0 Å². The molecule has 1 aliphatic heterocycles. The minimum Gasteiger partial charge on any atom is -0.463 e. The van der Waals surface area contributed by atoms with E-state index in [4.69, 9.17) is 38.7 Å². The molecule has 0 bridgehead atoms. The summed E-state index contributed by atoms with van der Waals surface area (Å²) >= 11 is 0. The molecule has 1 rings (SSSR count). The Morgan fingerprint density at radius 2 is 1.60 bits per heavy atom. The molecule has 240 valence electrons. The van der Waals surface area contributed by atoms with E-state index in [1.807, 2.05) is 0 Å². The Morgan fingerprint density at radius 1 is 0.929 bits per heavy atom. The summed E-state index contributed by atoms with van der Waals surface area (Å²) < 4.78 is 37.7. The van der Waals surface area contributed by atoms with Gasteiger partial charge < -0.3 is 48.9 Å². The van der Waals surface area contributed by atoms with E-state index in [1.165, 1.54) is 13.8 Å². The monoisotopic (exact) mass is 605 g/mol. The fourth-order valence-corrected chi connectivity index (χ4v) is 3.75. The number of esters is 2. The first-order valence-electron chi connectivity index (χ1n) is 13.7. The molecule has 1 fully saturated rings. The van der Waals surface area contributed by atoms with Crippen LogP contribution in [0.25, 0.3) is 10.4 Å². The van der Waals surface area contributed by atoms with Crippen LogP contribution in [0.15, 0.2) is 5.11 Å². The van der Waals surface area contributed by atoms with Gasteiger partial charge in [0.05, 0.1) is 39.6 Å². The van der Waals surface area contributed by atoms with Crippen LogP contribution >= 0.6 is 0 Å². The summed E-state index contributed by atoms with van der Waals surface area (Å²) in [6.45, 7) is 6.26. The minimum atomic E-state index is -1.40. The number of hydrogen-bond acceptors (Lipinski definition) is 13. The first kappa shape index (κ1) is 37.0. The zero-order valence-electron chi connectivity index (χ0n) is 24.4. The average molecular weight is 606 g/mol. The Bertz CT molecular complexity index is 873. The number of amides is 2. The van der Waals surface area contributed by atoms with E-state index in [1.54, 1.807) is 0 Å². The lowest BCUT2D eigenvalue weighted by molar-refractivity contribution is -0.274. The van der Waals surface area contributed by atoms with Gasteiger partial charge in [0.15, 0.2) is 12.4 Å². The van der Waals surface area contributed by atoms with Gasteiger partial charge in [0.25, 0.3) is 0 Å². The van der Waals surface area contributed by atoms with Crippen LogP contribution < -0.4 is 10.6 Å². The number of carbonyl (C=O) groups excluding carboxylic acids is 4. The number of aliphatic hydroxyl groups excluding tert-OH is 1. The van der Waals surface area contributed by atoms with Gasteiger partial charge in [-0.15, -0.1) is 0 Å². The van der Waals surface area contributed by atoms with E-state index >= 15 is 0 Å². The molecule has 5 unspecified atom stereocenters. The molecule has 0 aromatic heterocycles. The lowest BCUT2D eigenvalue weighted by Crippen LogP contribution is -2.65. The van der Waals surface area contributed by atoms with Gasteiger partial charge in [0.2, 0.25) is 11.8 Å². The lowest BCUT2D eigenvalue weighted by Gasteiger charge is -2.43. The number of carbonyl (C=O) groups is 4. The highest BCUT2D eigenvalue weighted by Gasteiger charge is 2.48. The fraction of sp³-hybridized carbons (Fsp3) is 0.840. The average Bonchev–Trinajstić information content (AvgIpc) is 2.92. The predicted octanol–water partition coefficient (Wildman–Crippen LogP) is -0.265. The minimum absolute atomic E-state index is 0.138. The second kappa shape index (κ2) is 22.5. The van der Waals surface area contributed by atoms with Crippen molar-refractivity contribution in [1.82, 2.24) is 10.6 Å². The Balaban J connectivity index is 2.31. The molecule has 17 heteroatoms. The quantitative estimate of drug-likeness (QED) is 0.0477. The van der Waals surface area contributed by atoms with Crippen molar-refractivity contribution >= 4 is 23.8 Å². The molecule has 0 spiro atoms. The smallest absolute Gasteiger partial charge is 0.303 e. The third-order valence-electron chi connectivity index (χ3n) is 5.59. The summed E-state index contributed by atoms with van der Waals surface area (Å²) in [6.07, 6.45) is -3.57. The molecule has 0 aromatic rings. The SMILES string of the molecule is CC(=O)NC1C(OCCCCC(=O)NCCOCCOCCOCCN=[N+]=[N-])OC(COC(C)=O)C(O)C1OC(C)=O. The number of rotatable bonds is 22. The number of nitrogens with zero attached hydrogens (tertiary/aromatic N) is 3. The van der Waals surface area contributed by atoms with Gasteiger partial charge in [-0.25, -0.2) is 0 Å². The molecule has 42 heavy (non-hydrogen) atoms.